The number of rotatable bonds is 10. The molecule has 0 radical (unpaired) electrons. The molecule has 0 heterocycles. The van der Waals surface area contributed by atoms with E-state index in [1.165, 1.54) is 6.92 Å². The first-order valence-corrected chi connectivity index (χ1v) is 9.60. The van der Waals surface area contributed by atoms with Crippen LogP contribution in [0, 0.1) is 0 Å². The quantitative estimate of drug-likeness (QED) is 0.405. The van der Waals surface area contributed by atoms with Gasteiger partial charge in [0.25, 0.3) is 0 Å². The van der Waals surface area contributed by atoms with Gasteiger partial charge in [0.05, 0.1) is 5.57 Å². The molecule has 0 aromatic rings. The van der Waals surface area contributed by atoms with Gasteiger partial charge in [-0.3, -0.25) is 9.27 Å². The Hall–Kier alpha value is -0.760. The van der Waals surface area contributed by atoms with E-state index in [1.807, 2.05) is 13.8 Å². The van der Waals surface area contributed by atoms with E-state index in [-0.39, 0.29) is 12.8 Å². The Kier molecular flexibility index (Phi) is 13.5. The molecular weight excluding hydrogens is 331 g/mol. The summed E-state index contributed by atoms with van der Waals surface area (Å²) in [5.74, 6) is 0. The molecule has 0 aromatic heterocycles. The largest absolute Gasteiger partial charge is 0.414 e. The van der Waals surface area contributed by atoms with E-state index in [1.54, 1.807) is 4.72 Å². The Balaban J connectivity index is 0. The molecule has 0 saturated carbocycles. The fourth-order valence-corrected chi connectivity index (χ4v) is 2.63. The molecule has 0 unspecified atom stereocenters. The van der Waals surface area contributed by atoms with Gasteiger partial charge in [-0.25, -0.2) is 0 Å². The van der Waals surface area contributed by atoms with Gasteiger partial charge in [-0.1, -0.05) is 59.8 Å². The molecule has 0 amide bonds. The van der Waals surface area contributed by atoms with Crippen molar-refractivity contribution in [1.82, 2.24) is 4.72 Å². The Morgan fingerprint density at radius 1 is 1.00 bits per heavy atom. The summed E-state index contributed by atoms with van der Waals surface area (Å²) in [4.78, 5) is 0. The Morgan fingerprint density at radius 2 is 1.48 bits per heavy atom. The van der Waals surface area contributed by atoms with Gasteiger partial charge in [0.15, 0.2) is 0 Å². The van der Waals surface area contributed by atoms with Crippen molar-refractivity contribution in [2.75, 3.05) is 0 Å². The van der Waals surface area contributed by atoms with E-state index >= 15 is 0 Å². The number of unbranched alkanes of at least 4 members (excludes halogenated alkanes) is 5. The van der Waals surface area contributed by atoms with Crippen molar-refractivity contribution in [1.29, 1.82) is 0 Å². The second kappa shape index (κ2) is 12.6. The van der Waals surface area contributed by atoms with Gasteiger partial charge >= 0.3 is 16.5 Å². The molecule has 2 N–H and O–H groups in total. The Bertz CT molecular complexity index is 432. The molecular formula is C15H30F3NO3S. The van der Waals surface area contributed by atoms with Gasteiger partial charge in [0.2, 0.25) is 0 Å². The third kappa shape index (κ3) is 13.4. The van der Waals surface area contributed by atoms with Crippen molar-refractivity contribution in [3.05, 3.63) is 11.3 Å². The number of nitrogens with one attached hydrogen (secondary N) is 1. The van der Waals surface area contributed by atoms with Gasteiger partial charge in [-0.05, 0) is 19.3 Å². The van der Waals surface area contributed by atoms with Gasteiger partial charge in [-0.2, -0.15) is 21.6 Å². The maximum atomic E-state index is 13.0. The maximum Gasteiger partial charge on any atom is 0.414 e. The highest BCUT2D eigenvalue weighted by Crippen LogP contribution is 2.32. The third-order valence-corrected chi connectivity index (χ3v) is 3.60. The summed E-state index contributed by atoms with van der Waals surface area (Å²) in [5.41, 5.74) is -1.39. The minimum absolute atomic E-state index is 0.148. The Labute approximate surface area is 138 Å². The van der Waals surface area contributed by atoms with Crippen LogP contribution < -0.4 is 4.72 Å². The van der Waals surface area contributed by atoms with Crippen LogP contribution in [0.15, 0.2) is 11.3 Å². The van der Waals surface area contributed by atoms with Crippen molar-refractivity contribution < 1.29 is 26.1 Å². The molecule has 0 atom stereocenters. The fourth-order valence-electron chi connectivity index (χ4n) is 2.05. The van der Waals surface area contributed by atoms with E-state index in [9.17, 15) is 21.6 Å². The average Bonchev–Trinajstić information content (AvgIpc) is 2.44. The average molecular weight is 361 g/mol. The topological polar surface area (TPSA) is 66.4 Å². The summed E-state index contributed by atoms with van der Waals surface area (Å²) in [6.07, 6.45) is -0.00795. The second-order valence-electron chi connectivity index (χ2n) is 4.90. The lowest BCUT2D eigenvalue weighted by Gasteiger charge is -2.17. The molecule has 8 heteroatoms. The fraction of sp³-hybridized carbons (Fsp3) is 0.867. The van der Waals surface area contributed by atoms with E-state index in [2.05, 4.69) is 6.92 Å². The van der Waals surface area contributed by atoms with Crippen molar-refractivity contribution in [3.8, 4) is 0 Å². The van der Waals surface area contributed by atoms with E-state index in [4.69, 9.17) is 4.55 Å². The summed E-state index contributed by atoms with van der Waals surface area (Å²) in [6.45, 7) is 7.46. The highest BCUT2D eigenvalue weighted by Gasteiger charge is 2.36. The number of halogens is 3. The molecule has 0 aliphatic rings. The van der Waals surface area contributed by atoms with Gasteiger partial charge in [0, 0.05) is 5.70 Å². The predicted octanol–water partition coefficient (Wildman–Crippen LogP) is 5.38. The number of allylic oxidation sites excluding steroid dienone is 2. The number of hydrogen-bond donors (Lipinski definition) is 2. The van der Waals surface area contributed by atoms with Crippen LogP contribution in [-0.2, 0) is 10.3 Å². The smallest absolute Gasteiger partial charge is 0.269 e. The van der Waals surface area contributed by atoms with Crippen molar-refractivity contribution in [3.63, 3.8) is 0 Å². The minimum Gasteiger partial charge on any atom is -0.269 e. The number of hydrogen-bond acceptors (Lipinski definition) is 2. The molecule has 0 saturated heterocycles. The highest BCUT2D eigenvalue weighted by atomic mass is 32.2. The molecule has 0 aliphatic carbocycles. The van der Waals surface area contributed by atoms with Crippen LogP contribution >= 0.6 is 0 Å². The maximum absolute atomic E-state index is 13.0. The lowest BCUT2D eigenvalue weighted by Crippen LogP contribution is -2.27. The van der Waals surface area contributed by atoms with Gasteiger partial charge < -0.3 is 0 Å². The van der Waals surface area contributed by atoms with Crippen LogP contribution in [0.2, 0.25) is 0 Å². The van der Waals surface area contributed by atoms with Crippen molar-refractivity contribution in [2.24, 2.45) is 0 Å². The van der Waals surface area contributed by atoms with Crippen LogP contribution in [0.3, 0.4) is 0 Å². The SMILES string of the molecule is CC.CCCCCCCCC(=C(CC)NS(=O)(=O)O)C(F)(F)F. The van der Waals surface area contributed by atoms with Crippen LogP contribution in [0.5, 0.6) is 0 Å². The van der Waals surface area contributed by atoms with E-state index in [0.717, 1.165) is 25.7 Å². The minimum atomic E-state index is -4.69. The summed E-state index contributed by atoms with van der Waals surface area (Å²) in [6, 6.07) is 0. The monoisotopic (exact) mass is 361 g/mol. The summed E-state index contributed by atoms with van der Waals surface area (Å²) in [5, 5.41) is 0. The molecule has 0 fully saturated rings. The standard InChI is InChI=1S/C13H24F3NO3S.C2H6/c1-3-5-6-7-8-9-10-11(13(14,15)16)12(4-2)17-21(18,19)20;1-2/h17H,3-10H2,1-2H3,(H,18,19,20);1-2H3. The molecule has 140 valence electrons. The molecule has 0 bridgehead atoms. The van der Waals surface area contributed by atoms with Gasteiger partial charge in [-0.15, -0.1) is 0 Å². The van der Waals surface area contributed by atoms with Crippen LogP contribution in [0.1, 0.15) is 79.1 Å². The second-order valence-corrected chi connectivity index (χ2v) is 6.06. The molecule has 23 heavy (non-hydrogen) atoms. The summed E-state index contributed by atoms with van der Waals surface area (Å²) in [7, 11) is -4.69. The van der Waals surface area contributed by atoms with E-state index < -0.39 is 27.8 Å². The van der Waals surface area contributed by atoms with Crippen molar-refractivity contribution >= 4 is 10.3 Å². The third-order valence-electron chi connectivity index (χ3n) is 3.09. The van der Waals surface area contributed by atoms with Gasteiger partial charge in [0.1, 0.15) is 0 Å². The first-order chi connectivity index (χ1) is 10.6. The van der Waals surface area contributed by atoms with Crippen LogP contribution in [0.25, 0.3) is 0 Å². The molecule has 0 aliphatic heterocycles. The summed E-state index contributed by atoms with van der Waals surface area (Å²) < 4.78 is 70.6. The number of alkyl halides is 3. The zero-order valence-corrected chi connectivity index (χ0v) is 15.3. The first kappa shape index (κ1) is 24.5. The van der Waals surface area contributed by atoms with Crippen molar-refractivity contribution in [2.45, 2.75) is 85.2 Å². The molecule has 4 nitrogen and oxygen atoms in total. The van der Waals surface area contributed by atoms with Crippen LogP contribution in [0.4, 0.5) is 13.2 Å². The summed E-state index contributed by atoms with van der Waals surface area (Å²) >= 11 is 0. The zero-order chi connectivity index (χ0) is 18.5. The predicted molar refractivity (Wildman–Crippen MR) is 87.4 cm³/mol. The lowest BCUT2D eigenvalue weighted by atomic mass is 10.0. The zero-order valence-electron chi connectivity index (χ0n) is 14.5. The van der Waals surface area contributed by atoms with E-state index in [0.29, 0.717) is 12.8 Å². The normalized spacial score (nSPS) is 13.0. The molecule has 0 rings (SSSR count). The Morgan fingerprint density at radius 3 is 1.87 bits per heavy atom. The molecule has 0 aromatic carbocycles. The molecule has 0 spiro atoms. The van der Waals surface area contributed by atoms with Crippen LogP contribution in [-0.4, -0.2) is 19.1 Å². The first-order valence-electron chi connectivity index (χ1n) is 8.16. The highest BCUT2D eigenvalue weighted by molar-refractivity contribution is 7.83. The lowest BCUT2D eigenvalue weighted by molar-refractivity contribution is -0.0953.